The number of rotatable bonds is 5. The first-order valence-corrected chi connectivity index (χ1v) is 7.98. The van der Waals surface area contributed by atoms with Gasteiger partial charge >= 0.3 is 0 Å². The van der Waals surface area contributed by atoms with Gasteiger partial charge in [-0.3, -0.25) is 9.59 Å². The molecule has 1 aromatic rings. The monoisotopic (exact) mass is 344 g/mol. The van der Waals surface area contributed by atoms with E-state index in [-0.39, 0.29) is 17.7 Å². The van der Waals surface area contributed by atoms with E-state index in [4.69, 9.17) is 15.9 Å². The van der Waals surface area contributed by atoms with Crippen molar-refractivity contribution in [3.8, 4) is 23.8 Å². The van der Waals surface area contributed by atoms with Crippen molar-refractivity contribution in [3.05, 3.63) is 28.7 Å². The Labute approximate surface area is 144 Å². The molecule has 0 spiro atoms. The van der Waals surface area contributed by atoms with E-state index in [1.165, 1.54) is 6.92 Å². The quantitative estimate of drug-likeness (QED) is 0.654. The molecule has 0 bridgehead atoms. The number of thioether (sulfide) groups is 1. The molecule has 124 valence electrons. The average Bonchev–Trinajstić information content (AvgIpc) is 2.85. The van der Waals surface area contributed by atoms with Crippen LogP contribution in [0.1, 0.15) is 19.4 Å². The van der Waals surface area contributed by atoms with Crippen LogP contribution in [-0.4, -0.2) is 30.2 Å². The van der Waals surface area contributed by atoms with Crippen molar-refractivity contribution in [2.24, 2.45) is 4.99 Å². The third-order valence-electron chi connectivity index (χ3n) is 2.78. The SMILES string of the molecule is C#CCOc1ccc(/C=C2/SC(NC(C)=O)=NC2=O)cc1OCC. The molecule has 1 aliphatic heterocycles. The van der Waals surface area contributed by atoms with Crippen LogP contribution in [0.4, 0.5) is 0 Å². The van der Waals surface area contributed by atoms with E-state index in [0.29, 0.717) is 23.0 Å². The zero-order valence-electron chi connectivity index (χ0n) is 13.3. The molecule has 0 radical (unpaired) electrons. The minimum Gasteiger partial charge on any atom is -0.490 e. The molecular weight excluding hydrogens is 328 g/mol. The first-order valence-electron chi connectivity index (χ1n) is 7.16. The maximum absolute atomic E-state index is 11.9. The van der Waals surface area contributed by atoms with Crippen LogP contribution in [0.25, 0.3) is 6.08 Å². The number of hydrogen-bond donors (Lipinski definition) is 1. The predicted molar refractivity (Wildman–Crippen MR) is 93.8 cm³/mol. The van der Waals surface area contributed by atoms with E-state index in [0.717, 1.165) is 17.3 Å². The second-order valence-corrected chi connectivity index (χ2v) is 5.68. The Morgan fingerprint density at radius 2 is 2.21 bits per heavy atom. The van der Waals surface area contributed by atoms with Gasteiger partial charge in [-0.05, 0) is 42.5 Å². The summed E-state index contributed by atoms with van der Waals surface area (Å²) < 4.78 is 11.0. The second kappa shape index (κ2) is 8.22. The molecule has 0 atom stereocenters. The van der Waals surface area contributed by atoms with Crippen LogP contribution in [0.2, 0.25) is 0 Å². The number of terminal acetylenes is 1. The van der Waals surface area contributed by atoms with Crippen molar-refractivity contribution < 1.29 is 19.1 Å². The second-order valence-electron chi connectivity index (χ2n) is 4.65. The normalized spacial score (nSPS) is 15.0. The fraction of sp³-hybridized carbons (Fsp3) is 0.235. The lowest BCUT2D eigenvalue weighted by atomic mass is 10.2. The van der Waals surface area contributed by atoms with Crippen molar-refractivity contribution in [3.63, 3.8) is 0 Å². The molecule has 1 heterocycles. The van der Waals surface area contributed by atoms with E-state index < -0.39 is 5.91 Å². The number of nitrogens with zero attached hydrogens (tertiary/aromatic N) is 1. The van der Waals surface area contributed by atoms with Crippen molar-refractivity contribution >= 4 is 34.8 Å². The van der Waals surface area contributed by atoms with Crippen LogP contribution in [0.5, 0.6) is 11.5 Å². The standard InChI is InChI=1S/C17H16N2O4S/c1-4-8-23-13-7-6-12(9-14(13)22-5-2)10-15-16(21)19-17(24-15)18-11(3)20/h1,6-7,9-10H,5,8H2,2-3H3,(H,18,19,20,21)/b15-10+. The molecule has 1 N–H and O–H groups in total. The Kier molecular flexibility index (Phi) is 6.04. The van der Waals surface area contributed by atoms with Gasteiger partial charge in [-0.25, -0.2) is 0 Å². The Morgan fingerprint density at radius 3 is 2.88 bits per heavy atom. The first kappa shape index (κ1) is 17.6. The summed E-state index contributed by atoms with van der Waals surface area (Å²) in [5.74, 6) is 2.81. The Hall–Kier alpha value is -2.72. The largest absolute Gasteiger partial charge is 0.490 e. The fourth-order valence-corrected chi connectivity index (χ4v) is 2.75. The molecule has 0 fully saturated rings. The summed E-state index contributed by atoms with van der Waals surface area (Å²) in [6.45, 7) is 3.83. The Balaban J connectivity index is 2.21. The zero-order chi connectivity index (χ0) is 17.5. The highest BCUT2D eigenvalue weighted by atomic mass is 32.2. The summed E-state index contributed by atoms with van der Waals surface area (Å²) in [5.41, 5.74) is 0.752. The van der Waals surface area contributed by atoms with Crippen molar-refractivity contribution in [1.82, 2.24) is 5.32 Å². The van der Waals surface area contributed by atoms with Crippen LogP contribution in [0.3, 0.4) is 0 Å². The molecule has 2 amide bonds. The summed E-state index contributed by atoms with van der Waals surface area (Å²) in [6, 6.07) is 5.27. The average molecular weight is 344 g/mol. The van der Waals surface area contributed by atoms with Crippen LogP contribution in [0.15, 0.2) is 28.1 Å². The number of benzene rings is 1. The molecule has 0 unspecified atom stereocenters. The Morgan fingerprint density at radius 1 is 1.42 bits per heavy atom. The van der Waals surface area contributed by atoms with E-state index >= 15 is 0 Å². The summed E-state index contributed by atoms with van der Waals surface area (Å²) in [5, 5.41) is 2.78. The summed E-state index contributed by atoms with van der Waals surface area (Å²) in [4.78, 5) is 27.1. The lowest BCUT2D eigenvalue weighted by molar-refractivity contribution is -0.117. The number of nitrogens with one attached hydrogen (secondary N) is 1. The van der Waals surface area contributed by atoms with Crippen molar-refractivity contribution in [2.45, 2.75) is 13.8 Å². The maximum Gasteiger partial charge on any atom is 0.286 e. The zero-order valence-corrected chi connectivity index (χ0v) is 14.1. The van der Waals surface area contributed by atoms with Crippen molar-refractivity contribution in [1.29, 1.82) is 0 Å². The molecule has 1 aliphatic rings. The third kappa shape index (κ3) is 4.64. The van der Waals surface area contributed by atoms with Gasteiger partial charge in [0.1, 0.15) is 6.61 Å². The van der Waals surface area contributed by atoms with E-state index in [1.54, 1.807) is 24.3 Å². The number of amidine groups is 1. The van der Waals surface area contributed by atoms with Gasteiger partial charge in [0.05, 0.1) is 11.5 Å². The van der Waals surface area contributed by atoms with Gasteiger partial charge in [0.25, 0.3) is 5.91 Å². The Bertz CT molecular complexity index is 762. The number of amides is 2. The summed E-state index contributed by atoms with van der Waals surface area (Å²) in [6.07, 6.45) is 6.87. The van der Waals surface area contributed by atoms with Crippen LogP contribution in [-0.2, 0) is 9.59 Å². The van der Waals surface area contributed by atoms with Crippen LogP contribution in [0, 0.1) is 12.3 Å². The van der Waals surface area contributed by atoms with Gasteiger partial charge < -0.3 is 14.8 Å². The summed E-state index contributed by atoms with van der Waals surface area (Å²) >= 11 is 1.11. The first-order chi connectivity index (χ1) is 11.5. The highest BCUT2D eigenvalue weighted by Gasteiger charge is 2.22. The molecule has 0 aliphatic carbocycles. The van der Waals surface area contributed by atoms with Gasteiger partial charge in [-0.15, -0.1) is 6.42 Å². The molecule has 0 saturated heterocycles. The highest BCUT2D eigenvalue weighted by molar-refractivity contribution is 8.18. The number of hydrogen-bond acceptors (Lipinski definition) is 5. The molecule has 7 heteroatoms. The van der Waals surface area contributed by atoms with Crippen molar-refractivity contribution in [2.75, 3.05) is 13.2 Å². The van der Waals surface area contributed by atoms with E-state index in [9.17, 15) is 9.59 Å². The summed E-state index contributed by atoms with van der Waals surface area (Å²) in [7, 11) is 0. The number of aliphatic imine (C=N–C) groups is 1. The van der Waals surface area contributed by atoms with E-state index in [1.807, 2.05) is 6.92 Å². The lowest BCUT2D eigenvalue weighted by Gasteiger charge is -2.11. The topological polar surface area (TPSA) is 77.0 Å². The molecule has 0 aromatic heterocycles. The molecular formula is C17H16N2O4S. The lowest BCUT2D eigenvalue weighted by Crippen LogP contribution is -2.23. The molecule has 0 saturated carbocycles. The number of carbonyl (C=O) groups excluding carboxylic acids is 2. The molecule has 24 heavy (non-hydrogen) atoms. The van der Waals surface area contributed by atoms with Gasteiger partial charge in [0.15, 0.2) is 16.7 Å². The highest BCUT2D eigenvalue weighted by Crippen LogP contribution is 2.32. The fourth-order valence-electron chi connectivity index (χ4n) is 1.89. The van der Waals surface area contributed by atoms with Gasteiger partial charge in [0, 0.05) is 6.92 Å². The minimum absolute atomic E-state index is 0.142. The third-order valence-corrected chi connectivity index (χ3v) is 3.68. The number of ether oxygens (including phenoxy) is 2. The smallest absolute Gasteiger partial charge is 0.286 e. The predicted octanol–water partition coefficient (Wildman–Crippen LogP) is 2.20. The number of carbonyl (C=O) groups is 2. The maximum atomic E-state index is 11.9. The molecule has 1 aromatic carbocycles. The van der Waals surface area contributed by atoms with Gasteiger partial charge in [-0.1, -0.05) is 12.0 Å². The van der Waals surface area contributed by atoms with Gasteiger partial charge in [-0.2, -0.15) is 4.99 Å². The van der Waals surface area contributed by atoms with Crippen LogP contribution < -0.4 is 14.8 Å². The molecule has 6 nitrogen and oxygen atoms in total. The minimum atomic E-state index is -0.394. The van der Waals surface area contributed by atoms with Gasteiger partial charge in [0.2, 0.25) is 5.91 Å². The molecule has 2 rings (SSSR count). The van der Waals surface area contributed by atoms with E-state index in [2.05, 4.69) is 16.2 Å². The van der Waals surface area contributed by atoms with Crippen LogP contribution >= 0.6 is 11.8 Å².